The number of β-lactam (4-membered cyclic amide) rings is 1. The Morgan fingerprint density at radius 1 is 1.39 bits per heavy atom. The van der Waals surface area contributed by atoms with Crippen LogP contribution in [-0.2, 0) is 4.79 Å². The molecule has 102 valence electrons. The summed E-state index contributed by atoms with van der Waals surface area (Å²) < 4.78 is -0.00102. The summed E-state index contributed by atoms with van der Waals surface area (Å²) in [5.41, 5.74) is 0.964. The van der Waals surface area contributed by atoms with Gasteiger partial charge in [-0.05, 0) is 26.8 Å². The van der Waals surface area contributed by atoms with Gasteiger partial charge >= 0.3 is 0 Å². The van der Waals surface area contributed by atoms with Crippen LogP contribution in [0.25, 0.3) is 0 Å². The van der Waals surface area contributed by atoms with Gasteiger partial charge in [0, 0.05) is 5.70 Å². The molecule has 18 heavy (non-hydrogen) atoms. The number of carbonyl (C=O) groups is 1. The minimum Gasteiger partial charge on any atom is -0.303 e. The van der Waals surface area contributed by atoms with E-state index < -0.39 is 0 Å². The van der Waals surface area contributed by atoms with Crippen LogP contribution in [0, 0.1) is 0 Å². The molecule has 3 nitrogen and oxygen atoms in total. The van der Waals surface area contributed by atoms with Gasteiger partial charge in [0.25, 0.3) is 0 Å². The molecule has 2 heterocycles. The first-order valence-corrected chi connectivity index (χ1v) is 7.80. The van der Waals surface area contributed by atoms with Crippen molar-refractivity contribution < 1.29 is 4.79 Å². The van der Waals surface area contributed by atoms with Crippen LogP contribution >= 0.6 is 11.8 Å². The molecule has 0 bridgehead atoms. The number of amides is 1. The maximum Gasteiger partial charge on any atom is 0.247 e. The fourth-order valence-electron chi connectivity index (χ4n) is 2.53. The zero-order valence-electron chi connectivity index (χ0n) is 11.7. The number of hydrogen-bond donors (Lipinski definition) is 1. The van der Waals surface area contributed by atoms with Gasteiger partial charge in [0.1, 0.15) is 11.4 Å². The van der Waals surface area contributed by atoms with Crippen molar-refractivity contribution >= 4 is 17.7 Å². The molecule has 0 aromatic heterocycles. The SMILES string of the molecule is C=C1N2C(=O)[C@@H](NCCCCCC)[C@H]2SC1(C)C. The second-order valence-electron chi connectivity index (χ2n) is 5.67. The van der Waals surface area contributed by atoms with Crippen molar-refractivity contribution in [2.45, 2.75) is 62.6 Å². The molecule has 2 saturated heterocycles. The van der Waals surface area contributed by atoms with Crippen molar-refractivity contribution in [1.82, 2.24) is 10.2 Å². The van der Waals surface area contributed by atoms with Crippen LogP contribution < -0.4 is 5.32 Å². The van der Waals surface area contributed by atoms with Crippen molar-refractivity contribution in [3.05, 3.63) is 12.3 Å². The predicted octanol–water partition coefficient (Wildman–Crippen LogP) is 2.73. The molecule has 0 aliphatic carbocycles. The molecule has 4 heteroatoms. The summed E-state index contributed by atoms with van der Waals surface area (Å²) in [5.74, 6) is 0.207. The molecule has 2 atom stereocenters. The number of carbonyl (C=O) groups excluding carboxylic acids is 1. The summed E-state index contributed by atoms with van der Waals surface area (Å²) in [5, 5.41) is 3.67. The summed E-state index contributed by atoms with van der Waals surface area (Å²) in [6.45, 7) is 11.5. The fourth-order valence-corrected chi connectivity index (χ4v) is 4.05. The van der Waals surface area contributed by atoms with E-state index in [1.54, 1.807) is 0 Å². The van der Waals surface area contributed by atoms with Gasteiger partial charge in [-0.15, -0.1) is 11.8 Å². The number of hydrogen-bond acceptors (Lipinski definition) is 3. The van der Waals surface area contributed by atoms with E-state index in [0.717, 1.165) is 12.2 Å². The largest absolute Gasteiger partial charge is 0.303 e. The Kier molecular flexibility index (Phi) is 4.07. The first-order valence-electron chi connectivity index (χ1n) is 6.92. The lowest BCUT2D eigenvalue weighted by molar-refractivity contribution is -0.142. The third kappa shape index (κ3) is 2.32. The van der Waals surface area contributed by atoms with Gasteiger partial charge in [-0.2, -0.15) is 0 Å². The summed E-state index contributed by atoms with van der Waals surface area (Å²) in [6, 6.07) is 0.00940. The Morgan fingerprint density at radius 3 is 2.78 bits per heavy atom. The quantitative estimate of drug-likeness (QED) is 0.594. The van der Waals surface area contributed by atoms with Gasteiger partial charge in [-0.3, -0.25) is 9.69 Å². The van der Waals surface area contributed by atoms with Crippen LogP contribution in [-0.4, -0.2) is 33.5 Å². The highest BCUT2D eigenvalue weighted by Crippen LogP contribution is 2.52. The molecule has 2 aliphatic heterocycles. The molecule has 0 saturated carbocycles. The molecule has 0 spiro atoms. The normalized spacial score (nSPS) is 29.4. The summed E-state index contributed by atoms with van der Waals surface area (Å²) in [7, 11) is 0. The van der Waals surface area contributed by atoms with Gasteiger partial charge in [0.15, 0.2) is 0 Å². The molecule has 0 aromatic rings. The molecule has 1 amide bonds. The second-order valence-corrected chi connectivity index (χ2v) is 7.41. The minimum atomic E-state index is -0.00102. The number of thioether (sulfide) groups is 1. The standard InChI is InChI=1S/C14H24N2OS/c1-5-6-7-8-9-15-11-12(17)16-10(2)14(3,4)18-13(11)16/h11,13,15H,2,5-9H2,1,3-4H3/t11-,13-/m1/s1. The zero-order chi connectivity index (χ0) is 13.3. The highest BCUT2D eigenvalue weighted by Gasteiger charge is 2.57. The summed E-state index contributed by atoms with van der Waals surface area (Å²) in [6.07, 6.45) is 4.96. The Morgan fingerprint density at radius 2 is 2.11 bits per heavy atom. The first kappa shape index (κ1) is 13.9. The highest BCUT2D eigenvalue weighted by molar-refractivity contribution is 8.01. The molecule has 2 rings (SSSR count). The average Bonchev–Trinajstić information content (AvgIpc) is 2.52. The van der Waals surface area contributed by atoms with E-state index in [0.29, 0.717) is 0 Å². The maximum absolute atomic E-state index is 12.1. The fraction of sp³-hybridized carbons (Fsp3) is 0.786. The molecule has 1 N–H and O–H groups in total. The lowest BCUT2D eigenvalue weighted by atomic mass is 10.0. The maximum atomic E-state index is 12.1. The van der Waals surface area contributed by atoms with Crippen LogP contribution in [0.1, 0.15) is 46.5 Å². The van der Waals surface area contributed by atoms with E-state index >= 15 is 0 Å². The van der Waals surface area contributed by atoms with Crippen molar-refractivity contribution in [1.29, 1.82) is 0 Å². The van der Waals surface area contributed by atoms with Crippen LogP contribution in [0.3, 0.4) is 0 Å². The summed E-state index contributed by atoms with van der Waals surface area (Å²) >= 11 is 1.85. The summed E-state index contributed by atoms with van der Waals surface area (Å²) in [4.78, 5) is 13.9. The Bertz CT molecular complexity index is 354. The zero-order valence-corrected chi connectivity index (χ0v) is 12.5. The Balaban J connectivity index is 1.80. The van der Waals surface area contributed by atoms with E-state index in [1.807, 2.05) is 16.7 Å². The monoisotopic (exact) mass is 268 g/mol. The second kappa shape index (κ2) is 5.25. The van der Waals surface area contributed by atoms with Crippen molar-refractivity contribution in [2.24, 2.45) is 0 Å². The van der Waals surface area contributed by atoms with Gasteiger partial charge in [0.05, 0.1) is 4.75 Å². The van der Waals surface area contributed by atoms with Gasteiger partial charge in [-0.1, -0.05) is 32.8 Å². The van der Waals surface area contributed by atoms with E-state index in [2.05, 4.69) is 32.7 Å². The number of fused-ring (bicyclic) bond motifs is 1. The topological polar surface area (TPSA) is 32.3 Å². The predicted molar refractivity (Wildman–Crippen MR) is 77.4 cm³/mol. The van der Waals surface area contributed by atoms with Crippen molar-refractivity contribution in [3.63, 3.8) is 0 Å². The molecule has 2 fully saturated rings. The lowest BCUT2D eigenvalue weighted by Gasteiger charge is -2.42. The van der Waals surface area contributed by atoms with Crippen molar-refractivity contribution in [3.8, 4) is 0 Å². The van der Waals surface area contributed by atoms with Crippen LogP contribution in [0.4, 0.5) is 0 Å². The van der Waals surface area contributed by atoms with Gasteiger partial charge < -0.3 is 5.32 Å². The first-order chi connectivity index (χ1) is 8.49. The lowest BCUT2D eigenvalue weighted by Crippen LogP contribution is -2.65. The van der Waals surface area contributed by atoms with Crippen LogP contribution in [0.2, 0.25) is 0 Å². The number of nitrogens with one attached hydrogen (secondary N) is 1. The number of unbranched alkanes of at least 4 members (excludes halogenated alkanes) is 3. The number of rotatable bonds is 6. The molecular weight excluding hydrogens is 244 g/mol. The molecule has 0 aromatic carbocycles. The Labute approximate surface area is 114 Å². The minimum absolute atomic E-state index is 0.00102. The molecule has 0 radical (unpaired) electrons. The van der Waals surface area contributed by atoms with Crippen LogP contribution in [0.5, 0.6) is 0 Å². The highest BCUT2D eigenvalue weighted by atomic mass is 32.2. The van der Waals surface area contributed by atoms with Gasteiger partial charge in [-0.25, -0.2) is 0 Å². The van der Waals surface area contributed by atoms with E-state index in [9.17, 15) is 4.79 Å². The molecular formula is C14H24N2OS. The third-order valence-electron chi connectivity index (χ3n) is 3.84. The van der Waals surface area contributed by atoms with E-state index in [1.165, 1.54) is 25.7 Å². The molecule has 0 unspecified atom stereocenters. The molecule has 2 aliphatic rings. The van der Waals surface area contributed by atoms with Crippen LogP contribution in [0.15, 0.2) is 12.3 Å². The van der Waals surface area contributed by atoms with Gasteiger partial charge in [0.2, 0.25) is 5.91 Å². The average molecular weight is 268 g/mol. The third-order valence-corrected chi connectivity index (χ3v) is 5.39. The van der Waals surface area contributed by atoms with Crippen molar-refractivity contribution in [2.75, 3.05) is 6.54 Å². The van der Waals surface area contributed by atoms with E-state index in [4.69, 9.17) is 0 Å². The smallest absolute Gasteiger partial charge is 0.247 e. The number of nitrogens with zero attached hydrogens (tertiary/aromatic N) is 1. The Hall–Kier alpha value is -0.480. The van der Waals surface area contributed by atoms with E-state index in [-0.39, 0.29) is 22.1 Å².